The number of nitrogens with one attached hydrogen (secondary N) is 1. The normalized spacial score (nSPS) is 14.7. The molecule has 1 heterocycles. The van der Waals surface area contributed by atoms with Crippen LogP contribution in [0.2, 0.25) is 0 Å². The molecule has 1 aliphatic heterocycles. The van der Waals surface area contributed by atoms with Gasteiger partial charge in [-0.15, -0.1) is 0 Å². The molecule has 190 valence electrons. The molecule has 1 saturated heterocycles. The summed E-state index contributed by atoms with van der Waals surface area (Å²) in [5, 5.41) is 4.48. The van der Waals surface area contributed by atoms with Crippen LogP contribution < -0.4 is 19.7 Å². The summed E-state index contributed by atoms with van der Waals surface area (Å²) in [6, 6.07) is 23.5. The number of carbonyl (C=O) groups is 3. The van der Waals surface area contributed by atoms with Gasteiger partial charge < -0.3 is 9.47 Å². The van der Waals surface area contributed by atoms with Crippen molar-refractivity contribution in [2.24, 2.45) is 0 Å². The Kier molecular flexibility index (Phi) is 7.48. The van der Waals surface area contributed by atoms with E-state index in [9.17, 15) is 14.4 Å². The number of fused-ring (bicyclic) bond motifs is 1. The fourth-order valence-electron chi connectivity index (χ4n) is 4.21. The van der Waals surface area contributed by atoms with E-state index in [1.807, 2.05) is 24.3 Å². The number of urea groups is 1. The van der Waals surface area contributed by atoms with Gasteiger partial charge in [-0.2, -0.15) is 0 Å². The van der Waals surface area contributed by atoms with Crippen molar-refractivity contribution in [3.05, 3.63) is 104 Å². The first kappa shape index (κ1) is 25.9. The predicted octanol–water partition coefficient (Wildman–Crippen LogP) is 6.46. The van der Waals surface area contributed by atoms with Gasteiger partial charge in [0.05, 0.1) is 16.4 Å². The third-order valence-electron chi connectivity index (χ3n) is 5.98. The number of methoxy groups -OCH3 is 1. The summed E-state index contributed by atoms with van der Waals surface area (Å²) in [6.45, 7) is 0.332. The van der Waals surface area contributed by atoms with Gasteiger partial charge >= 0.3 is 6.03 Å². The number of hydrogen-bond acceptors (Lipinski definition) is 5. The molecule has 0 atom stereocenters. The highest BCUT2D eigenvalue weighted by Crippen LogP contribution is 2.36. The van der Waals surface area contributed by atoms with Crippen molar-refractivity contribution in [1.82, 2.24) is 5.32 Å². The highest BCUT2D eigenvalue weighted by molar-refractivity contribution is 14.1. The van der Waals surface area contributed by atoms with E-state index < -0.39 is 17.8 Å². The number of hydrogen-bond donors (Lipinski definition) is 1. The minimum atomic E-state index is -0.806. The molecule has 9 heteroatoms. The highest BCUT2D eigenvalue weighted by Gasteiger charge is 2.37. The molecule has 0 unspecified atom stereocenters. The Labute approximate surface area is 240 Å². The minimum Gasteiger partial charge on any atom is -0.493 e. The minimum absolute atomic E-state index is 0.174. The van der Waals surface area contributed by atoms with Crippen LogP contribution in [-0.4, -0.2) is 25.0 Å². The van der Waals surface area contributed by atoms with Gasteiger partial charge in [0.1, 0.15) is 12.2 Å². The van der Waals surface area contributed by atoms with Crippen molar-refractivity contribution in [1.29, 1.82) is 0 Å². The second kappa shape index (κ2) is 11.0. The fourth-order valence-corrected chi connectivity index (χ4v) is 5.37. The summed E-state index contributed by atoms with van der Waals surface area (Å²) in [5.74, 6) is -0.486. The van der Waals surface area contributed by atoms with E-state index in [4.69, 9.17) is 9.47 Å². The van der Waals surface area contributed by atoms with Gasteiger partial charge in [0.25, 0.3) is 11.8 Å². The van der Waals surface area contributed by atoms with Gasteiger partial charge in [0.15, 0.2) is 11.5 Å². The van der Waals surface area contributed by atoms with E-state index >= 15 is 0 Å². The first-order chi connectivity index (χ1) is 18.4. The summed E-state index contributed by atoms with van der Waals surface area (Å²) in [4.78, 5) is 39.3. The molecule has 5 rings (SSSR count). The van der Waals surface area contributed by atoms with E-state index in [0.29, 0.717) is 33.8 Å². The van der Waals surface area contributed by atoms with Gasteiger partial charge in [-0.1, -0.05) is 64.5 Å². The summed E-state index contributed by atoms with van der Waals surface area (Å²) in [5.41, 5.74) is 1.75. The topological polar surface area (TPSA) is 84.9 Å². The van der Waals surface area contributed by atoms with Gasteiger partial charge in [0, 0.05) is 4.47 Å². The van der Waals surface area contributed by atoms with Crippen molar-refractivity contribution in [3.63, 3.8) is 0 Å². The lowest BCUT2D eigenvalue weighted by Gasteiger charge is -2.26. The van der Waals surface area contributed by atoms with Crippen molar-refractivity contribution in [2.45, 2.75) is 6.61 Å². The number of benzene rings is 4. The molecule has 7 nitrogen and oxygen atoms in total. The molecule has 0 saturated carbocycles. The maximum Gasteiger partial charge on any atom is 0.335 e. The Balaban J connectivity index is 1.45. The quantitative estimate of drug-likeness (QED) is 0.143. The molecule has 1 N–H and O–H groups in total. The van der Waals surface area contributed by atoms with Crippen molar-refractivity contribution in [2.75, 3.05) is 12.0 Å². The third kappa shape index (κ3) is 5.16. The molecular formula is C29H20BrIN2O5. The number of rotatable bonds is 6. The van der Waals surface area contributed by atoms with Gasteiger partial charge in [-0.05, 0) is 80.9 Å². The number of nitrogens with zero attached hydrogens (tertiary/aromatic N) is 1. The van der Waals surface area contributed by atoms with Crippen LogP contribution in [-0.2, 0) is 16.2 Å². The largest absolute Gasteiger partial charge is 0.493 e. The molecule has 0 radical (unpaired) electrons. The molecule has 1 aliphatic rings. The number of anilines is 1. The second-order valence-corrected chi connectivity index (χ2v) is 10.5. The highest BCUT2D eigenvalue weighted by atomic mass is 127. The maximum absolute atomic E-state index is 13.2. The first-order valence-corrected chi connectivity index (χ1v) is 13.4. The smallest absolute Gasteiger partial charge is 0.335 e. The molecule has 0 spiro atoms. The second-order valence-electron chi connectivity index (χ2n) is 8.40. The number of imide groups is 2. The van der Waals surface area contributed by atoms with Gasteiger partial charge in [-0.25, -0.2) is 9.69 Å². The molecular weight excluding hydrogens is 663 g/mol. The predicted molar refractivity (Wildman–Crippen MR) is 157 cm³/mol. The average Bonchev–Trinajstić information content (AvgIpc) is 2.90. The molecule has 4 amide bonds. The Hall–Kier alpha value is -3.70. The van der Waals surface area contributed by atoms with Gasteiger partial charge in [0.2, 0.25) is 0 Å². The summed E-state index contributed by atoms with van der Waals surface area (Å²) in [6.07, 6.45) is 1.44. The van der Waals surface area contributed by atoms with E-state index in [1.54, 1.807) is 36.4 Å². The number of carbonyl (C=O) groups excluding carboxylic acids is 3. The number of halogens is 2. The zero-order chi connectivity index (χ0) is 26.8. The molecule has 0 aliphatic carbocycles. The lowest BCUT2D eigenvalue weighted by Crippen LogP contribution is -2.54. The summed E-state index contributed by atoms with van der Waals surface area (Å²) in [7, 11) is 1.53. The van der Waals surface area contributed by atoms with Crippen molar-refractivity contribution in [3.8, 4) is 11.5 Å². The van der Waals surface area contributed by atoms with E-state index in [-0.39, 0.29) is 5.57 Å². The number of amides is 4. The fraction of sp³-hybridized carbons (Fsp3) is 0.0690. The van der Waals surface area contributed by atoms with E-state index in [1.165, 1.54) is 13.2 Å². The van der Waals surface area contributed by atoms with Crippen molar-refractivity contribution < 1.29 is 23.9 Å². The number of barbiturate groups is 1. The van der Waals surface area contributed by atoms with Crippen LogP contribution >= 0.6 is 38.5 Å². The Morgan fingerprint density at radius 3 is 2.53 bits per heavy atom. The van der Waals surface area contributed by atoms with Crippen LogP contribution in [0, 0.1) is 3.57 Å². The Morgan fingerprint density at radius 2 is 1.74 bits per heavy atom. The van der Waals surface area contributed by atoms with Crippen LogP contribution in [0.15, 0.2) is 88.9 Å². The van der Waals surface area contributed by atoms with Crippen LogP contribution in [0.5, 0.6) is 11.5 Å². The average molecular weight is 683 g/mol. The van der Waals surface area contributed by atoms with E-state index in [2.05, 4.69) is 62.0 Å². The summed E-state index contributed by atoms with van der Waals surface area (Å²) < 4.78 is 13.2. The first-order valence-electron chi connectivity index (χ1n) is 11.5. The van der Waals surface area contributed by atoms with Crippen molar-refractivity contribution >= 4 is 78.9 Å². The molecule has 4 aromatic carbocycles. The Bertz CT molecular complexity index is 1630. The molecule has 38 heavy (non-hydrogen) atoms. The lowest BCUT2D eigenvalue weighted by atomic mass is 10.1. The standard InChI is InChI=1S/C29H20BrIN2O5/c1-37-25-14-17(12-23-27(34)32-29(36)33(28(23)35)21-10-5-9-20(30)15-21)13-24(31)26(25)38-16-19-8-4-7-18-6-2-3-11-22(18)19/h2-15H,16H2,1H3,(H,32,34,36)/b23-12-. The van der Waals surface area contributed by atoms with Crippen LogP contribution in [0.4, 0.5) is 10.5 Å². The SMILES string of the molecule is COc1cc(/C=C2/C(=O)NC(=O)N(c3cccc(Br)c3)C2=O)cc(I)c1OCc1cccc2ccccc12. The monoisotopic (exact) mass is 682 g/mol. The van der Waals surface area contributed by atoms with Crippen LogP contribution in [0.1, 0.15) is 11.1 Å². The van der Waals surface area contributed by atoms with Crippen LogP contribution in [0.3, 0.4) is 0 Å². The molecule has 0 aromatic heterocycles. The lowest BCUT2D eigenvalue weighted by molar-refractivity contribution is -0.122. The molecule has 4 aromatic rings. The molecule has 1 fully saturated rings. The Morgan fingerprint density at radius 1 is 0.974 bits per heavy atom. The zero-order valence-electron chi connectivity index (χ0n) is 20.0. The maximum atomic E-state index is 13.2. The zero-order valence-corrected chi connectivity index (χ0v) is 23.8. The third-order valence-corrected chi connectivity index (χ3v) is 7.28. The molecule has 0 bridgehead atoms. The van der Waals surface area contributed by atoms with Gasteiger partial charge in [-0.3, -0.25) is 14.9 Å². The number of ether oxygens (including phenoxy) is 2. The summed E-state index contributed by atoms with van der Waals surface area (Å²) >= 11 is 5.47. The van der Waals surface area contributed by atoms with Crippen LogP contribution in [0.25, 0.3) is 16.8 Å². The van der Waals surface area contributed by atoms with E-state index in [0.717, 1.165) is 24.8 Å².